The molecule has 0 aromatic rings. The molecule has 0 saturated heterocycles. The first-order chi connectivity index (χ1) is 9.04. The molecule has 0 heterocycles. The monoisotopic (exact) mass is 284 g/mol. The van der Waals surface area contributed by atoms with Crippen molar-refractivity contribution in [2.75, 3.05) is 19.8 Å². The highest BCUT2D eigenvalue weighted by Gasteiger charge is 2.50. The van der Waals surface area contributed by atoms with Crippen LogP contribution in [0, 0.1) is 17.3 Å². The lowest BCUT2D eigenvalue weighted by molar-refractivity contribution is -0.132. The number of carbonyl (C=O) groups is 1. The molecule has 0 aromatic heterocycles. The van der Waals surface area contributed by atoms with Gasteiger partial charge in [-0.3, -0.25) is 4.79 Å². The van der Waals surface area contributed by atoms with Gasteiger partial charge in [-0.05, 0) is 43.9 Å². The van der Waals surface area contributed by atoms with Crippen molar-refractivity contribution in [2.45, 2.75) is 39.0 Å². The molecule has 4 nitrogen and oxygen atoms in total. The minimum Gasteiger partial charge on any atom is -0.392 e. The molecular formula is C14H24N2O2S. The second-order valence-electron chi connectivity index (χ2n) is 6.09. The van der Waals surface area contributed by atoms with Crippen LogP contribution in [0.15, 0.2) is 0 Å². The Balaban J connectivity index is 1.61. The Morgan fingerprint density at radius 2 is 2.16 bits per heavy atom. The highest BCUT2D eigenvalue weighted by molar-refractivity contribution is 7.80. The maximum atomic E-state index is 12.2. The Kier molecular flexibility index (Phi) is 4.79. The molecular weight excluding hydrogens is 260 g/mol. The molecule has 19 heavy (non-hydrogen) atoms. The number of ether oxygens (including phenoxy) is 1. The number of thiocarbonyl (C=S) groups is 1. The zero-order valence-electron chi connectivity index (χ0n) is 11.6. The van der Waals surface area contributed by atoms with Crippen LogP contribution in [-0.2, 0) is 9.53 Å². The van der Waals surface area contributed by atoms with E-state index >= 15 is 0 Å². The van der Waals surface area contributed by atoms with Crippen molar-refractivity contribution in [3.05, 3.63) is 0 Å². The van der Waals surface area contributed by atoms with E-state index in [2.05, 4.69) is 12.2 Å². The second kappa shape index (κ2) is 6.18. The topological polar surface area (TPSA) is 64.3 Å². The van der Waals surface area contributed by atoms with Crippen LogP contribution in [0.2, 0.25) is 0 Å². The fourth-order valence-corrected chi connectivity index (χ4v) is 2.97. The molecule has 2 aliphatic carbocycles. The van der Waals surface area contributed by atoms with Crippen LogP contribution in [0.5, 0.6) is 0 Å². The molecule has 0 aromatic carbocycles. The zero-order valence-corrected chi connectivity index (χ0v) is 12.4. The molecule has 2 aliphatic rings. The van der Waals surface area contributed by atoms with Crippen LogP contribution in [0.4, 0.5) is 0 Å². The van der Waals surface area contributed by atoms with E-state index < -0.39 is 5.41 Å². The largest absolute Gasteiger partial charge is 0.392 e. The van der Waals surface area contributed by atoms with Gasteiger partial charge >= 0.3 is 0 Å². The van der Waals surface area contributed by atoms with E-state index in [-0.39, 0.29) is 5.91 Å². The van der Waals surface area contributed by atoms with E-state index in [1.165, 1.54) is 12.8 Å². The lowest BCUT2D eigenvalue weighted by Gasteiger charge is -2.44. The van der Waals surface area contributed by atoms with Crippen molar-refractivity contribution in [1.82, 2.24) is 5.32 Å². The Bertz CT molecular complexity index is 349. The van der Waals surface area contributed by atoms with Crippen LogP contribution in [0.1, 0.15) is 39.0 Å². The summed E-state index contributed by atoms with van der Waals surface area (Å²) in [7, 11) is 0. The van der Waals surface area contributed by atoms with Gasteiger partial charge in [-0.1, -0.05) is 19.1 Å². The average Bonchev–Trinajstić information content (AvgIpc) is 3.12. The minimum atomic E-state index is -0.580. The third kappa shape index (κ3) is 3.66. The highest BCUT2D eigenvalue weighted by Crippen LogP contribution is 2.45. The molecule has 2 saturated carbocycles. The molecule has 2 fully saturated rings. The number of nitrogens with two attached hydrogens (primary N) is 1. The normalized spacial score (nSPS) is 29.6. The van der Waals surface area contributed by atoms with Gasteiger partial charge in [0.25, 0.3) is 0 Å². The first-order valence-electron chi connectivity index (χ1n) is 7.20. The molecule has 0 radical (unpaired) electrons. The van der Waals surface area contributed by atoms with Crippen LogP contribution < -0.4 is 11.1 Å². The Morgan fingerprint density at radius 1 is 1.47 bits per heavy atom. The lowest BCUT2D eigenvalue weighted by Crippen LogP contribution is -2.56. The predicted octanol–water partition coefficient (Wildman–Crippen LogP) is 1.62. The van der Waals surface area contributed by atoms with Gasteiger partial charge in [-0.25, -0.2) is 0 Å². The van der Waals surface area contributed by atoms with E-state index in [0.29, 0.717) is 24.1 Å². The van der Waals surface area contributed by atoms with Gasteiger partial charge < -0.3 is 15.8 Å². The SMILES string of the molecule is CC1CC(C(=O)NCCCOCC2CC2)(C(N)=S)C1. The number of nitrogens with one attached hydrogen (secondary N) is 1. The van der Waals surface area contributed by atoms with Crippen molar-refractivity contribution in [2.24, 2.45) is 23.0 Å². The number of amides is 1. The Morgan fingerprint density at radius 3 is 2.68 bits per heavy atom. The van der Waals surface area contributed by atoms with Crippen molar-refractivity contribution >= 4 is 23.1 Å². The fraction of sp³-hybridized carbons (Fsp3) is 0.857. The minimum absolute atomic E-state index is 0.000271. The van der Waals surface area contributed by atoms with Crippen LogP contribution >= 0.6 is 12.2 Å². The number of hydrogen-bond donors (Lipinski definition) is 2. The van der Waals surface area contributed by atoms with Crippen LogP contribution in [0.3, 0.4) is 0 Å². The summed E-state index contributed by atoms with van der Waals surface area (Å²) in [5, 5.41) is 2.94. The lowest BCUT2D eigenvalue weighted by atomic mass is 9.62. The third-order valence-electron chi connectivity index (χ3n) is 4.10. The van der Waals surface area contributed by atoms with Gasteiger partial charge in [0.1, 0.15) is 0 Å². The highest BCUT2D eigenvalue weighted by atomic mass is 32.1. The molecule has 3 N–H and O–H groups in total. The summed E-state index contributed by atoms with van der Waals surface area (Å²) < 4.78 is 5.53. The van der Waals surface area contributed by atoms with Gasteiger partial charge in [0, 0.05) is 19.8 Å². The van der Waals surface area contributed by atoms with Gasteiger partial charge in [-0.2, -0.15) is 0 Å². The van der Waals surface area contributed by atoms with Crippen molar-refractivity contribution in [3.8, 4) is 0 Å². The van der Waals surface area contributed by atoms with E-state index in [1.807, 2.05) is 0 Å². The molecule has 2 rings (SSSR count). The molecule has 5 heteroatoms. The molecule has 0 aliphatic heterocycles. The Hall–Kier alpha value is -0.680. The maximum absolute atomic E-state index is 12.2. The molecule has 0 spiro atoms. The van der Waals surface area contributed by atoms with Crippen molar-refractivity contribution < 1.29 is 9.53 Å². The second-order valence-corrected chi connectivity index (χ2v) is 6.53. The summed E-state index contributed by atoms with van der Waals surface area (Å²) in [4.78, 5) is 12.5. The third-order valence-corrected chi connectivity index (χ3v) is 4.49. The van der Waals surface area contributed by atoms with Crippen molar-refractivity contribution in [3.63, 3.8) is 0 Å². The van der Waals surface area contributed by atoms with Crippen LogP contribution in [0.25, 0.3) is 0 Å². The Labute approximate surface area is 120 Å². The van der Waals surface area contributed by atoms with E-state index in [9.17, 15) is 4.79 Å². The zero-order chi connectivity index (χ0) is 13.9. The smallest absolute Gasteiger partial charge is 0.233 e. The quantitative estimate of drug-likeness (QED) is 0.525. The number of hydrogen-bond acceptors (Lipinski definition) is 3. The fourth-order valence-electron chi connectivity index (χ4n) is 2.71. The summed E-state index contributed by atoms with van der Waals surface area (Å²) in [6.07, 6.45) is 5.04. The van der Waals surface area contributed by atoms with Gasteiger partial charge in [0.05, 0.1) is 10.4 Å². The summed E-state index contributed by atoms with van der Waals surface area (Å²) in [5.41, 5.74) is 5.15. The van der Waals surface area contributed by atoms with Crippen molar-refractivity contribution in [1.29, 1.82) is 0 Å². The molecule has 0 atom stereocenters. The summed E-state index contributed by atoms with van der Waals surface area (Å²) in [5.74, 6) is 1.33. The van der Waals surface area contributed by atoms with Gasteiger partial charge in [0.15, 0.2) is 0 Å². The molecule has 108 valence electrons. The predicted molar refractivity (Wildman–Crippen MR) is 78.8 cm³/mol. The van der Waals surface area contributed by atoms with E-state index in [0.717, 1.165) is 31.8 Å². The maximum Gasteiger partial charge on any atom is 0.233 e. The summed E-state index contributed by atoms with van der Waals surface area (Å²) >= 11 is 5.06. The molecule has 0 unspecified atom stereocenters. The molecule has 0 bridgehead atoms. The van der Waals surface area contributed by atoms with E-state index in [1.54, 1.807) is 0 Å². The standard InChI is InChI=1S/C14H24N2O2S/c1-10-7-14(8-10,12(15)19)13(17)16-5-2-6-18-9-11-3-4-11/h10-11H,2-9H2,1H3,(H2,15,19)(H,16,17). The first-order valence-corrected chi connectivity index (χ1v) is 7.61. The van der Waals surface area contributed by atoms with Gasteiger partial charge in [-0.15, -0.1) is 0 Å². The van der Waals surface area contributed by atoms with E-state index in [4.69, 9.17) is 22.7 Å². The van der Waals surface area contributed by atoms with Gasteiger partial charge in [0.2, 0.25) is 5.91 Å². The number of carbonyl (C=O) groups excluding carboxylic acids is 1. The summed E-state index contributed by atoms with van der Waals surface area (Å²) in [6.45, 7) is 4.35. The first kappa shape index (κ1) is 14.7. The van der Waals surface area contributed by atoms with Crippen LogP contribution in [-0.4, -0.2) is 30.7 Å². The number of rotatable bonds is 8. The summed E-state index contributed by atoms with van der Waals surface area (Å²) in [6, 6.07) is 0. The average molecular weight is 284 g/mol. The molecule has 1 amide bonds.